The summed E-state index contributed by atoms with van der Waals surface area (Å²) in [5.74, 6) is 0.508. The predicted molar refractivity (Wildman–Crippen MR) is 207 cm³/mol. The summed E-state index contributed by atoms with van der Waals surface area (Å²) in [5, 5.41) is 16.0. The Morgan fingerprint density at radius 1 is 1.11 bits per heavy atom. The zero-order valence-corrected chi connectivity index (χ0v) is 32.1. The number of halogens is 1. The van der Waals surface area contributed by atoms with Crippen molar-refractivity contribution in [2.75, 3.05) is 38.7 Å². The van der Waals surface area contributed by atoms with Gasteiger partial charge in [0.25, 0.3) is 5.91 Å². The Morgan fingerprint density at radius 2 is 1.93 bits per heavy atom. The first-order chi connectivity index (χ1) is 25.8. The van der Waals surface area contributed by atoms with Crippen molar-refractivity contribution in [3.8, 4) is 28.1 Å². The normalized spacial score (nSPS) is 15.7. The Morgan fingerprint density at radius 3 is 2.61 bits per heavy atom. The molecule has 1 atom stereocenters. The highest BCUT2D eigenvalue weighted by Crippen LogP contribution is 2.41. The van der Waals surface area contributed by atoms with E-state index in [2.05, 4.69) is 26.6 Å². The summed E-state index contributed by atoms with van der Waals surface area (Å²) in [6, 6.07) is 15.2. The van der Waals surface area contributed by atoms with Gasteiger partial charge in [-0.05, 0) is 93.1 Å². The maximum atomic E-state index is 13.4. The third-order valence-electron chi connectivity index (χ3n) is 9.65. The molecular weight excluding hydrogens is 708 g/mol. The van der Waals surface area contributed by atoms with Crippen LogP contribution in [0.3, 0.4) is 0 Å². The average Bonchev–Trinajstić information content (AvgIpc) is 3.55. The van der Waals surface area contributed by atoms with E-state index in [4.69, 9.17) is 26.1 Å². The number of methoxy groups -OCH3 is 1. The fourth-order valence-corrected chi connectivity index (χ4v) is 7.27. The number of carbonyl (C=O) groups is 3. The molecule has 12 nitrogen and oxygen atoms in total. The van der Waals surface area contributed by atoms with E-state index in [0.717, 1.165) is 66.0 Å². The molecule has 2 aromatic carbocycles. The van der Waals surface area contributed by atoms with Crippen LogP contribution < -0.4 is 15.4 Å². The number of carbonyl (C=O) groups excluding carboxylic acids is 3. The number of fused-ring (bicyclic) bond motifs is 1. The number of anilines is 1. The highest BCUT2D eigenvalue weighted by molar-refractivity contribution is 6.35. The largest absolute Gasteiger partial charge is 0.496 e. The maximum absolute atomic E-state index is 13.4. The molecule has 3 amide bonds. The number of pyridine rings is 2. The smallest absolute Gasteiger partial charge is 0.410 e. The Labute approximate surface area is 320 Å². The second-order valence-corrected chi connectivity index (χ2v) is 15.1. The Hall–Kier alpha value is -5.04. The van der Waals surface area contributed by atoms with E-state index in [0.29, 0.717) is 28.4 Å². The van der Waals surface area contributed by atoms with Gasteiger partial charge in [0.2, 0.25) is 5.91 Å². The first-order valence-corrected chi connectivity index (χ1v) is 18.5. The van der Waals surface area contributed by atoms with Gasteiger partial charge in [-0.2, -0.15) is 0 Å². The van der Waals surface area contributed by atoms with Crippen molar-refractivity contribution in [3.05, 3.63) is 93.9 Å². The van der Waals surface area contributed by atoms with Crippen molar-refractivity contribution in [2.45, 2.75) is 71.7 Å². The van der Waals surface area contributed by atoms with Crippen LogP contribution in [0.15, 0.2) is 60.9 Å². The molecule has 1 saturated heterocycles. The molecule has 0 spiro atoms. The van der Waals surface area contributed by atoms with Crippen molar-refractivity contribution in [1.82, 2.24) is 25.1 Å². The number of nitrogens with zero attached hydrogens (tertiary/aromatic N) is 4. The number of ether oxygens (including phenoxy) is 2. The van der Waals surface area contributed by atoms with Crippen LogP contribution in [0.2, 0.25) is 5.02 Å². The van der Waals surface area contributed by atoms with Gasteiger partial charge in [0.15, 0.2) is 0 Å². The van der Waals surface area contributed by atoms with Crippen molar-refractivity contribution in [3.63, 3.8) is 0 Å². The minimum absolute atomic E-state index is 0.0974. The summed E-state index contributed by atoms with van der Waals surface area (Å²) in [5.41, 5.74) is 7.06. The van der Waals surface area contributed by atoms with Gasteiger partial charge in [0.05, 0.1) is 31.0 Å². The third kappa shape index (κ3) is 9.00. The lowest BCUT2D eigenvalue weighted by Crippen LogP contribution is -2.41. The summed E-state index contributed by atoms with van der Waals surface area (Å²) in [6.07, 6.45) is 5.02. The van der Waals surface area contributed by atoms with E-state index in [1.54, 1.807) is 46.2 Å². The van der Waals surface area contributed by atoms with Crippen molar-refractivity contribution >= 4 is 35.2 Å². The van der Waals surface area contributed by atoms with E-state index in [-0.39, 0.29) is 37.3 Å². The van der Waals surface area contributed by atoms with E-state index in [1.807, 2.05) is 37.3 Å². The highest BCUT2D eigenvalue weighted by atomic mass is 35.5. The number of nitrogens with one attached hydrogen (secondary N) is 2. The van der Waals surface area contributed by atoms with Gasteiger partial charge in [-0.3, -0.25) is 24.5 Å². The number of rotatable bonds is 11. The molecule has 3 N–H and O–H groups in total. The minimum Gasteiger partial charge on any atom is -0.496 e. The van der Waals surface area contributed by atoms with E-state index in [9.17, 15) is 19.5 Å². The number of amides is 3. The van der Waals surface area contributed by atoms with Gasteiger partial charge < -0.3 is 30.1 Å². The van der Waals surface area contributed by atoms with Gasteiger partial charge in [-0.25, -0.2) is 4.79 Å². The number of aromatic nitrogens is 2. The van der Waals surface area contributed by atoms with Gasteiger partial charge in [-0.1, -0.05) is 29.8 Å². The Bertz CT molecular complexity index is 2010. The topological polar surface area (TPSA) is 146 Å². The molecule has 0 saturated carbocycles. The van der Waals surface area contributed by atoms with E-state index < -0.39 is 17.6 Å². The molecule has 284 valence electrons. The fraction of sp³-hybridized carbons (Fsp3) is 0.390. The van der Waals surface area contributed by atoms with Crippen molar-refractivity contribution in [2.24, 2.45) is 0 Å². The monoisotopic (exact) mass is 754 g/mol. The Balaban J connectivity index is 1.18. The molecule has 1 fully saturated rings. The van der Waals surface area contributed by atoms with Gasteiger partial charge in [0, 0.05) is 73.4 Å². The minimum atomic E-state index is -0.678. The van der Waals surface area contributed by atoms with Crippen LogP contribution in [0.5, 0.6) is 5.75 Å². The van der Waals surface area contributed by atoms with Gasteiger partial charge in [0.1, 0.15) is 17.0 Å². The fourth-order valence-electron chi connectivity index (χ4n) is 6.94. The second kappa shape index (κ2) is 16.5. The SMILES string of the molecule is COc1cc(-c2nccc(-c3cccc(NC(=O)c4ccc(CN(CCO)C(=O)OC(C)(C)C)cn4)c3C)c2Cl)cc2c1CN(C[C@@H]1CCC(=O)N1)CC2. The molecule has 0 unspecified atom stereocenters. The molecule has 0 bridgehead atoms. The number of aliphatic hydroxyl groups is 1. The first-order valence-electron chi connectivity index (χ1n) is 18.1. The third-order valence-corrected chi connectivity index (χ3v) is 10.0. The van der Waals surface area contributed by atoms with Crippen molar-refractivity contribution in [1.29, 1.82) is 0 Å². The number of hydrogen-bond donors (Lipinski definition) is 3. The standard InChI is InChI=1S/C41H47ClN6O6/c1-25-30(7-6-8-33(25)46-39(51)34-11-9-26(21-44-34)22-48(17-18-49)40(52)54-41(2,3)4)31-13-15-43-38(37(31)42)28-19-27-14-16-47(23-29-10-12-36(50)45-29)24-32(27)35(20-28)53-5/h6-9,11,13,15,19-21,29,49H,10,12,14,16-18,22-24H2,1-5H3,(H,45,50)(H,46,51)/t29-/m0/s1. The summed E-state index contributed by atoms with van der Waals surface area (Å²) in [7, 11) is 1.67. The van der Waals surface area contributed by atoms with Crippen LogP contribution in [-0.4, -0.2) is 87.8 Å². The summed E-state index contributed by atoms with van der Waals surface area (Å²) in [6.45, 7) is 9.74. The number of aliphatic hydroxyl groups excluding tert-OH is 1. The van der Waals surface area contributed by atoms with Crippen LogP contribution in [0.4, 0.5) is 10.5 Å². The zero-order chi connectivity index (χ0) is 38.6. The predicted octanol–water partition coefficient (Wildman–Crippen LogP) is 6.40. The Kier molecular flexibility index (Phi) is 11.8. The quantitative estimate of drug-likeness (QED) is 0.158. The molecule has 6 rings (SSSR count). The van der Waals surface area contributed by atoms with Crippen molar-refractivity contribution < 1.29 is 29.0 Å². The summed E-state index contributed by atoms with van der Waals surface area (Å²) in [4.78, 5) is 50.5. The molecule has 4 heterocycles. The van der Waals surface area contributed by atoms with Crippen LogP contribution in [-0.2, 0) is 29.0 Å². The summed E-state index contributed by atoms with van der Waals surface area (Å²) < 4.78 is 11.3. The molecular formula is C41H47ClN6O6. The number of benzene rings is 2. The van der Waals surface area contributed by atoms with Gasteiger partial charge in [-0.15, -0.1) is 0 Å². The molecule has 2 aliphatic rings. The highest BCUT2D eigenvalue weighted by Gasteiger charge is 2.28. The first kappa shape index (κ1) is 38.7. The zero-order valence-electron chi connectivity index (χ0n) is 31.4. The van der Waals surface area contributed by atoms with E-state index in [1.165, 1.54) is 16.7 Å². The van der Waals surface area contributed by atoms with Gasteiger partial charge >= 0.3 is 6.09 Å². The van der Waals surface area contributed by atoms with E-state index >= 15 is 0 Å². The second-order valence-electron chi connectivity index (χ2n) is 14.7. The van der Waals surface area contributed by atoms with Crippen LogP contribution >= 0.6 is 11.6 Å². The molecule has 0 aliphatic carbocycles. The average molecular weight is 755 g/mol. The molecule has 54 heavy (non-hydrogen) atoms. The molecule has 4 aromatic rings. The van der Waals surface area contributed by atoms with Crippen LogP contribution in [0, 0.1) is 6.92 Å². The lowest BCUT2D eigenvalue weighted by Gasteiger charge is -2.32. The molecule has 2 aliphatic heterocycles. The van der Waals surface area contributed by atoms with Crippen LogP contribution in [0.25, 0.3) is 22.4 Å². The maximum Gasteiger partial charge on any atom is 0.410 e. The number of hydrogen-bond acceptors (Lipinski definition) is 9. The molecule has 0 radical (unpaired) electrons. The molecule has 2 aromatic heterocycles. The molecule has 13 heteroatoms. The summed E-state index contributed by atoms with van der Waals surface area (Å²) >= 11 is 7.14. The van der Waals surface area contributed by atoms with Crippen LogP contribution in [0.1, 0.15) is 66.4 Å². The lowest BCUT2D eigenvalue weighted by atomic mass is 9.93. The lowest BCUT2D eigenvalue weighted by molar-refractivity contribution is -0.119.